The van der Waals surface area contributed by atoms with E-state index in [0.717, 1.165) is 61.5 Å². The first-order chi connectivity index (χ1) is 17.7. The molecule has 2 aliphatic heterocycles. The van der Waals surface area contributed by atoms with Gasteiger partial charge in [0, 0.05) is 38.6 Å². The molecule has 2 aliphatic rings. The minimum atomic E-state index is 0.0670. The normalized spacial score (nSPS) is 20.4. The molecule has 2 saturated heterocycles. The van der Waals surface area contributed by atoms with Crippen LogP contribution in [0.2, 0.25) is 0 Å². The second-order valence-corrected chi connectivity index (χ2v) is 9.42. The van der Waals surface area contributed by atoms with Crippen molar-refractivity contribution < 1.29 is 13.6 Å². The van der Waals surface area contributed by atoms with Gasteiger partial charge in [0.25, 0.3) is 0 Å². The number of piperidine rings is 2. The number of hydrogen-bond acceptors (Lipinski definition) is 7. The molecule has 36 heavy (non-hydrogen) atoms. The van der Waals surface area contributed by atoms with Gasteiger partial charge in [-0.05, 0) is 49.9 Å². The van der Waals surface area contributed by atoms with Gasteiger partial charge in [-0.25, -0.2) is 14.8 Å². The Bertz CT molecular complexity index is 1210. The zero-order valence-electron chi connectivity index (χ0n) is 20.0. The first kappa shape index (κ1) is 22.5. The summed E-state index contributed by atoms with van der Waals surface area (Å²) in [7, 11) is 0. The van der Waals surface area contributed by atoms with Gasteiger partial charge in [-0.15, -0.1) is 0 Å². The number of likely N-dealkylation sites (tertiary alicyclic amines) is 2. The molecular weight excluding hydrogens is 456 g/mol. The van der Waals surface area contributed by atoms with Gasteiger partial charge < -0.3 is 18.6 Å². The molecule has 2 amide bonds. The lowest BCUT2D eigenvalue weighted by molar-refractivity contribution is 0.120. The molecule has 0 aliphatic carbocycles. The van der Waals surface area contributed by atoms with E-state index in [-0.39, 0.29) is 17.9 Å². The summed E-state index contributed by atoms with van der Waals surface area (Å²) in [6.07, 6.45) is 10.5. The molecule has 0 bridgehead atoms. The van der Waals surface area contributed by atoms with Crippen molar-refractivity contribution in [2.45, 2.75) is 37.5 Å². The summed E-state index contributed by atoms with van der Waals surface area (Å²) in [6, 6.07) is 11.5. The lowest BCUT2D eigenvalue weighted by atomic mass is 9.96. The van der Waals surface area contributed by atoms with E-state index in [1.807, 2.05) is 46.2 Å². The quantitative estimate of drug-likeness (QED) is 0.403. The fraction of sp³-hybridized carbons (Fsp3) is 0.370. The Labute approximate surface area is 209 Å². The average Bonchev–Trinajstić information content (AvgIpc) is 3.65. The SMILES string of the molecule is O=C(N1CCCC(c2nc(-c3ccccn3)co2)C1)N1CCCC(c2nc(-c3ccccn3)co2)C1. The molecular formula is C27H28N6O3. The number of pyridine rings is 2. The van der Waals surface area contributed by atoms with Crippen LogP contribution in [0.5, 0.6) is 0 Å². The number of rotatable bonds is 4. The van der Waals surface area contributed by atoms with Gasteiger partial charge >= 0.3 is 6.03 Å². The Hall–Kier alpha value is -4.01. The largest absolute Gasteiger partial charge is 0.448 e. The topological polar surface area (TPSA) is 101 Å². The highest BCUT2D eigenvalue weighted by molar-refractivity contribution is 5.75. The molecule has 4 aromatic rings. The summed E-state index contributed by atoms with van der Waals surface area (Å²) < 4.78 is 11.6. The van der Waals surface area contributed by atoms with Crippen molar-refractivity contribution in [3.63, 3.8) is 0 Å². The Balaban J connectivity index is 1.11. The van der Waals surface area contributed by atoms with Gasteiger partial charge in [0.15, 0.2) is 11.8 Å². The van der Waals surface area contributed by atoms with Crippen LogP contribution in [0.15, 0.2) is 70.2 Å². The predicted molar refractivity (Wildman–Crippen MR) is 132 cm³/mol. The number of urea groups is 1. The highest BCUT2D eigenvalue weighted by atomic mass is 16.3. The van der Waals surface area contributed by atoms with Crippen LogP contribution in [-0.2, 0) is 0 Å². The van der Waals surface area contributed by atoms with Crippen molar-refractivity contribution in [2.75, 3.05) is 26.2 Å². The van der Waals surface area contributed by atoms with E-state index >= 15 is 0 Å². The van der Waals surface area contributed by atoms with E-state index in [0.29, 0.717) is 24.9 Å². The molecule has 0 N–H and O–H groups in total. The Morgan fingerprint density at radius 2 is 1.22 bits per heavy atom. The molecule has 4 aromatic heterocycles. The fourth-order valence-corrected chi connectivity index (χ4v) is 5.12. The third-order valence-corrected chi connectivity index (χ3v) is 6.98. The molecule has 0 saturated carbocycles. The zero-order valence-corrected chi connectivity index (χ0v) is 20.0. The zero-order chi connectivity index (χ0) is 24.3. The summed E-state index contributed by atoms with van der Waals surface area (Å²) in [4.78, 5) is 35.4. The fourth-order valence-electron chi connectivity index (χ4n) is 5.12. The summed E-state index contributed by atoms with van der Waals surface area (Å²) in [5.41, 5.74) is 3.02. The summed E-state index contributed by atoms with van der Waals surface area (Å²) in [5.74, 6) is 1.50. The first-order valence-electron chi connectivity index (χ1n) is 12.5. The lowest BCUT2D eigenvalue weighted by Crippen LogP contribution is -2.50. The first-order valence-corrected chi connectivity index (χ1v) is 12.5. The van der Waals surface area contributed by atoms with Crippen LogP contribution < -0.4 is 0 Å². The molecule has 0 radical (unpaired) electrons. The Morgan fingerprint density at radius 3 is 1.67 bits per heavy atom. The van der Waals surface area contributed by atoms with Crippen molar-refractivity contribution in [1.29, 1.82) is 0 Å². The summed E-state index contributed by atoms with van der Waals surface area (Å²) >= 11 is 0. The smallest absolute Gasteiger partial charge is 0.320 e. The van der Waals surface area contributed by atoms with Crippen molar-refractivity contribution in [1.82, 2.24) is 29.7 Å². The van der Waals surface area contributed by atoms with Gasteiger partial charge in [-0.2, -0.15) is 0 Å². The standard InChI is InChI=1S/C27H28N6O3/c34-27(32-13-5-7-19(15-32)25-30-23(17-35-25)21-9-1-3-11-28-21)33-14-6-8-20(16-33)26-31-24(18-36-26)22-10-2-4-12-29-22/h1-4,9-12,17-20H,5-8,13-16H2. The Kier molecular flexibility index (Phi) is 6.19. The summed E-state index contributed by atoms with van der Waals surface area (Å²) in [6.45, 7) is 2.69. The number of carbonyl (C=O) groups is 1. The molecule has 9 nitrogen and oxygen atoms in total. The third kappa shape index (κ3) is 4.60. The third-order valence-electron chi connectivity index (χ3n) is 6.98. The van der Waals surface area contributed by atoms with E-state index in [4.69, 9.17) is 8.83 Å². The number of aromatic nitrogens is 4. The molecule has 0 spiro atoms. The van der Waals surface area contributed by atoms with Crippen LogP contribution >= 0.6 is 0 Å². The van der Waals surface area contributed by atoms with Crippen molar-refractivity contribution in [2.24, 2.45) is 0 Å². The van der Waals surface area contributed by atoms with E-state index in [1.165, 1.54) is 0 Å². The molecule has 184 valence electrons. The average molecular weight is 485 g/mol. The minimum absolute atomic E-state index is 0.0670. The molecule has 6 rings (SSSR count). The van der Waals surface area contributed by atoms with E-state index < -0.39 is 0 Å². The van der Waals surface area contributed by atoms with Crippen molar-refractivity contribution >= 4 is 6.03 Å². The molecule has 2 atom stereocenters. The maximum absolute atomic E-state index is 13.5. The van der Waals surface area contributed by atoms with Gasteiger partial charge in [-0.3, -0.25) is 9.97 Å². The van der Waals surface area contributed by atoms with Crippen LogP contribution in [-0.4, -0.2) is 61.9 Å². The second-order valence-electron chi connectivity index (χ2n) is 9.42. The molecule has 6 heterocycles. The lowest BCUT2D eigenvalue weighted by Gasteiger charge is -2.38. The van der Waals surface area contributed by atoms with Gasteiger partial charge in [0.1, 0.15) is 23.9 Å². The van der Waals surface area contributed by atoms with Gasteiger partial charge in [0.05, 0.1) is 23.2 Å². The second kappa shape index (κ2) is 9.93. The van der Waals surface area contributed by atoms with Crippen LogP contribution in [0.1, 0.15) is 49.3 Å². The maximum Gasteiger partial charge on any atom is 0.320 e. The van der Waals surface area contributed by atoms with Crippen molar-refractivity contribution in [3.8, 4) is 22.8 Å². The number of amides is 2. The highest BCUT2D eigenvalue weighted by Gasteiger charge is 2.34. The summed E-state index contributed by atoms with van der Waals surface area (Å²) in [5, 5.41) is 0. The van der Waals surface area contributed by atoms with Crippen LogP contribution in [0.25, 0.3) is 22.8 Å². The maximum atomic E-state index is 13.5. The molecule has 9 heteroatoms. The van der Waals surface area contributed by atoms with Crippen LogP contribution in [0, 0.1) is 0 Å². The van der Waals surface area contributed by atoms with E-state index in [1.54, 1.807) is 24.9 Å². The van der Waals surface area contributed by atoms with Crippen molar-refractivity contribution in [3.05, 3.63) is 73.1 Å². The Morgan fingerprint density at radius 1 is 0.722 bits per heavy atom. The van der Waals surface area contributed by atoms with Gasteiger partial charge in [-0.1, -0.05) is 12.1 Å². The molecule has 0 aromatic carbocycles. The number of hydrogen-bond donors (Lipinski definition) is 0. The predicted octanol–water partition coefficient (Wildman–Crippen LogP) is 4.97. The van der Waals surface area contributed by atoms with Crippen LogP contribution in [0.4, 0.5) is 4.79 Å². The highest BCUT2D eigenvalue weighted by Crippen LogP contribution is 2.32. The number of nitrogens with zero attached hydrogens (tertiary/aromatic N) is 6. The molecule has 2 fully saturated rings. The van der Waals surface area contributed by atoms with Gasteiger partial charge in [0.2, 0.25) is 0 Å². The monoisotopic (exact) mass is 484 g/mol. The number of oxazole rings is 2. The number of carbonyl (C=O) groups excluding carboxylic acids is 1. The van der Waals surface area contributed by atoms with E-state index in [9.17, 15) is 4.79 Å². The van der Waals surface area contributed by atoms with E-state index in [2.05, 4.69) is 19.9 Å². The van der Waals surface area contributed by atoms with Crippen LogP contribution in [0.3, 0.4) is 0 Å². The molecule has 2 unspecified atom stereocenters. The minimum Gasteiger partial charge on any atom is -0.448 e.